The molecule has 0 aliphatic rings. The lowest BCUT2D eigenvalue weighted by Gasteiger charge is -2.25. The van der Waals surface area contributed by atoms with E-state index in [1.807, 2.05) is 13.8 Å². The van der Waals surface area contributed by atoms with Crippen molar-refractivity contribution in [2.75, 3.05) is 6.54 Å². The molecule has 1 aromatic rings. The van der Waals surface area contributed by atoms with Crippen molar-refractivity contribution in [2.24, 2.45) is 5.92 Å². The van der Waals surface area contributed by atoms with Gasteiger partial charge in [-0.25, -0.2) is 0 Å². The predicted molar refractivity (Wildman–Crippen MR) is 70.6 cm³/mol. The Balaban J connectivity index is 2.59. The molecule has 0 bridgehead atoms. The number of furan rings is 1. The largest absolute Gasteiger partial charge is 0.466 e. The number of aryl methyl sites for hydroxylation is 2. The molecular weight excluding hydrogens is 230 g/mol. The van der Waals surface area contributed by atoms with E-state index in [1.165, 1.54) is 0 Å². The van der Waals surface area contributed by atoms with E-state index in [0.717, 1.165) is 0 Å². The van der Waals surface area contributed by atoms with Crippen molar-refractivity contribution in [1.82, 2.24) is 5.32 Å². The van der Waals surface area contributed by atoms with Crippen LogP contribution < -0.4 is 5.32 Å². The summed E-state index contributed by atoms with van der Waals surface area (Å²) >= 11 is 0. The van der Waals surface area contributed by atoms with Crippen molar-refractivity contribution in [1.29, 1.82) is 0 Å². The van der Waals surface area contributed by atoms with Gasteiger partial charge in [0.2, 0.25) is 0 Å². The Hall–Kier alpha value is -1.29. The minimum absolute atomic E-state index is 0.201. The molecule has 0 spiro atoms. The number of hydrogen-bond acceptors (Lipinski definition) is 3. The smallest absolute Gasteiger partial charge is 0.254 e. The summed E-state index contributed by atoms with van der Waals surface area (Å²) in [6.45, 7) is 9.63. The van der Waals surface area contributed by atoms with Crippen LogP contribution in [-0.4, -0.2) is 23.2 Å². The molecule has 1 aromatic heterocycles. The quantitative estimate of drug-likeness (QED) is 0.847. The van der Waals surface area contributed by atoms with Crippen LogP contribution >= 0.6 is 0 Å². The zero-order chi connectivity index (χ0) is 13.9. The molecule has 1 heterocycles. The molecule has 4 nitrogen and oxygen atoms in total. The monoisotopic (exact) mass is 253 g/mol. The van der Waals surface area contributed by atoms with Crippen LogP contribution in [0.2, 0.25) is 0 Å². The molecular formula is C14H23NO3. The maximum absolute atomic E-state index is 11.9. The molecule has 0 saturated heterocycles. The molecule has 0 aliphatic heterocycles. The molecule has 1 atom stereocenters. The Morgan fingerprint density at radius 1 is 1.50 bits per heavy atom. The van der Waals surface area contributed by atoms with Crippen LogP contribution in [0.25, 0.3) is 0 Å². The Morgan fingerprint density at radius 3 is 2.56 bits per heavy atom. The van der Waals surface area contributed by atoms with Gasteiger partial charge in [0.25, 0.3) is 5.91 Å². The first-order chi connectivity index (χ1) is 8.21. The van der Waals surface area contributed by atoms with Gasteiger partial charge < -0.3 is 14.8 Å². The SMILES string of the molecule is Cc1cc(C(=O)NCC(C)(O)CC(C)C)c(C)o1. The lowest BCUT2D eigenvalue weighted by molar-refractivity contribution is 0.0368. The summed E-state index contributed by atoms with van der Waals surface area (Å²) in [4.78, 5) is 11.9. The molecule has 0 aromatic carbocycles. The molecule has 4 heteroatoms. The van der Waals surface area contributed by atoms with Crippen LogP contribution in [0.3, 0.4) is 0 Å². The zero-order valence-corrected chi connectivity index (χ0v) is 11.8. The van der Waals surface area contributed by atoms with Gasteiger partial charge in [-0.3, -0.25) is 4.79 Å². The number of rotatable bonds is 5. The van der Waals surface area contributed by atoms with E-state index >= 15 is 0 Å². The summed E-state index contributed by atoms with van der Waals surface area (Å²) in [5.41, 5.74) is -0.343. The molecule has 1 amide bonds. The third-order valence-electron chi connectivity index (χ3n) is 2.76. The number of amides is 1. The highest BCUT2D eigenvalue weighted by molar-refractivity contribution is 5.95. The standard InChI is InChI=1S/C14H23NO3/c1-9(2)7-14(5,17)8-15-13(16)12-6-10(3)18-11(12)4/h6,9,17H,7-8H2,1-5H3,(H,15,16). The molecule has 0 radical (unpaired) electrons. The average Bonchev–Trinajstić information content (AvgIpc) is 2.52. The zero-order valence-electron chi connectivity index (χ0n) is 11.8. The third kappa shape index (κ3) is 4.18. The average molecular weight is 253 g/mol. The Morgan fingerprint density at radius 2 is 2.11 bits per heavy atom. The van der Waals surface area contributed by atoms with Gasteiger partial charge in [0.05, 0.1) is 11.2 Å². The van der Waals surface area contributed by atoms with Crippen molar-refractivity contribution in [3.05, 3.63) is 23.2 Å². The first-order valence-electron chi connectivity index (χ1n) is 6.29. The van der Waals surface area contributed by atoms with E-state index in [-0.39, 0.29) is 12.5 Å². The van der Waals surface area contributed by atoms with Gasteiger partial charge in [-0.1, -0.05) is 13.8 Å². The Kier molecular flexibility index (Phi) is 4.57. The normalized spacial score (nSPS) is 14.6. The van der Waals surface area contributed by atoms with Crippen LogP contribution in [0, 0.1) is 19.8 Å². The number of carbonyl (C=O) groups is 1. The highest BCUT2D eigenvalue weighted by atomic mass is 16.3. The lowest BCUT2D eigenvalue weighted by atomic mass is 9.94. The highest BCUT2D eigenvalue weighted by Crippen LogP contribution is 2.16. The lowest BCUT2D eigenvalue weighted by Crippen LogP contribution is -2.41. The number of nitrogens with one attached hydrogen (secondary N) is 1. The van der Waals surface area contributed by atoms with Gasteiger partial charge in [0.1, 0.15) is 11.5 Å². The van der Waals surface area contributed by atoms with Crippen LogP contribution in [0.15, 0.2) is 10.5 Å². The number of carbonyl (C=O) groups excluding carboxylic acids is 1. The second-order valence-corrected chi connectivity index (χ2v) is 5.60. The van der Waals surface area contributed by atoms with E-state index in [1.54, 1.807) is 26.8 Å². The Labute approximate surface area is 108 Å². The van der Waals surface area contributed by atoms with Gasteiger partial charge >= 0.3 is 0 Å². The van der Waals surface area contributed by atoms with Crippen molar-refractivity contribution in [3.8, 4) is 0 Å². The van der Waals surface area contributed by atoms with Crippen LogP contribution in [0.1, 0.15) is 49.1 Å². The van der Waals surface area contributed by atoms with Crippen LogP contribution in [-0.2, 0) is 0 Å². The molecule has 0 fully saturated rings. The molecule has 102 valence electrons. The molecule has 2 N–H and O–H groups in total. The predicted octanol–water partition coefficient (Wildman–Crippen LogP) is 2.42. The molecule has 0 aliphatic carbocycles. The van der Waals surface area contributed by atoms with Gasteiger partial charge in [0.15, 0.2) is 0 Å². The minimum atomic E-state index is -0.878. The topological polar surface area (TPSA) is 62.5 Å². The van der Waals surface area contributed by atoms with E-state index < -0.39 is 5.60 Å². The maximum atomic E-state index is 11.9. The molecule has 18 heavy (non-hydrogen) atoms. The van der Waals surface area contributed by atoms with Crippen LogP contribution in [0.4, 0.5) is 0 Å². The summed E-state index contributed by atoms with van der Waals surface area (Å²) in [5, 5.41) is 12.9. The molecule has 0 saturated carbocycles. The van der Waals surface area contributed by atoms with E-state index in [4.69, 9.17) is 4.42 Å². The maximum Gasteiger partial charge on any atom is 0.254 e. The molecule has 1 rings (SSSR count). The van der Waals surface area contributed by atoms with Crippen molar-refractivity contribution < 1.29 is 14.3 Å². The summed E-state index contributed by atoms with van der Waals surface area (Å²) in [7, 11) is 0. The van der Waals surface area contributed by atoms with Crippen molar-refractivity contribution in [3.63, 3.8) is 0 Å². The fourth-order valence-corrected chi connectivity index (χ4v) is 2.17. The third-order valence-corrected chi connectivity index (χ3v) is 2.76. The van der Waals surface area contributed by atoms with Crippen LogP contribution in [0.5, 0.6) is 0 Å². The minimum Gasteiger partial charge on any atom is -0.466 e. The summed E-state index contributed by atoms with van der Waals surface area (Å²) in [6, 6.07) is 1.71. The van der Waals surface area contributed by atoms with E-state index in [0.29, 0.717) is 29.4 Å². The van der Waals surface area contributed by atoms with Crippen molar-refractivity contribution in [2.45, 2.75) is 46.6 Å². The second-order valence-electron chi connectivity index (χ2n) is 5.60. The highest BCUT2D eigenvalue weighted by Gasteiger charge is 2.23. The second kappa shape index (κ2) is 5.57. The van der Waals surface area contributed by atoms with Gasteiger partial charge in [-0.15, -0.1) is 0 Å². The van der Waals surface area contributed by atoms with Crippen molar-refractivity contribution >= 4 is 5.91 Å². The fraction of sp³-hybridized carbons (Fsp3) is 0.643. The summed E-state index contributed by atoms with van der Waals surface area (Å²) in [6.07, 6.45) is 0.649. The Bertz CT molecular complexity index is 419. The van der Waals surface area contributed by atoms with Gasteiger partial charge in [0, 0.05) is 6.54 Å². The number of aliphatic hydroxyl groups is 1. The summed E-state index contributed by atoms with van der Waals surface area (Å²) < 4.78 is 5.31. The fourth-order valence-electron chi connectivity index (χ4n) is 2.17. The summed E-state index contributed by atoms with van der Waals surface area (Å²) in [5.74, 6) is 1.50. The first-order valence-corrected chi connectivity index (χ1v) is 6.29. The van der Waals surface area contributed by atoms with E-state index in [9.17, 15) is 9.90 Å². The van der Waals surface area contributed by atoms with Gasteiger partial charge in [-0.2, -0.15) is 0 Å². The first kappa shape index (κ1) is 14.8. The van der Waals surface area contributed by atoms with Gasteiger partial charge in [-0.05, 0) is 39.2 Å². The van der Waals surface area contributed by atoms with E-state index in [2.05, 4.69) is 5.32 Å². The number of hydrogen-bond donors (Lipinski definition) is 2. The molecule has 1 unspecified atom stereocenters.